The fourth-order valence-corrected chi connectivity index (χ4v) is 5.32. The SMILES string of the molecule is C=Cc1c(C=C2NC(=O)C(CCC(=O)O)=C2C)[nH]c(/C=c2\[nH]/c(=C\C3=NC(=O)C(CCC(=O)O)=C3C)c(C)c2C=C)c1C. The maximum atomic E-state index is 12.5. The quantitative estimate of drug-likeness (QED) is 0.271. The summed E-state index contributed by atoms with van der Waals surface area (Å²) < 4.78 is 0. The summed E-state index contributed by atoms with van der Waals surface area (Å²) in [4.78, 5) is 57.9. The summed E-state index contributed by atoms with van der Waals surface area (Å²) in [5.41, 5.74) is 8.40. The molecule has 0 saturated heterocycles. The lowest BCUT2D eigenvalue weighted by atomic mass is 10.0. The molecule has 222 valence electrons. The Balaban J connectivity index is 1.76. The first-order valence-electron chi connectivity index (χ1n) is 13.8. The molecule has 0 atom stereocenters. The number of carbonyl (C=O) groups is 4. The number of amides is 2. The molecule has 0 radical (unpaired) electrons. The van der Waals surface area contributed by atoms with Gasteiger partial charge in [0.1, 0.15) is 0 Å². The van der Waals surface area contributed by atoms with Crippen LogP contribution in [0.25, 0.3) is 30.4 Å². The van der Waals surface area contributed by atoms with E-state index in [0.717, 1.165) is 44.3 Å². The van der Waals surface area contributed by atoms with Crippen molar-refractivity contribution < 1.29 is 29.4 Å². The molecule has 0 fully saturated rings. The number of aromatic nitrogens is 2. The maximum absolute atomic E-state index is 12.5. The molecular weight excluding hydrogens is 548 g/mol. The lowest BCUT2D eigenvalue weighted by Crippen LogP contribution is -2.16. The molecule has 2 aromatic heterocycles. The minimum absolute atomic E-state index is 0.125. The summed E-state index contributed by atoms with van der Waals surface area (Å²) in [6.45, 7) is 15.4. The van der Waals surface area contributed by atoms with Crippen molar-refractivity contribution in [3.05, 3.63) is 85.5 Å². The van der Waals surface area contributed by atoms with Gasteiger partial charge in [-0.3, -0.25) is 19.2 Å². The highest BCUT2D eigenvalue weighted by Gasteiger charge is 2.25. The monoisotopic (exact) mass is 582 g/mol. The van der Waals surface area contributed by atoms with Crippen molar-refractivity contribution in [1.29, 1.82) is 0 Å². The zero-order valence-corrected chi connectivity index (χ0v) is 24.6. The summed E-state index contributed by atoms with van der Waals surface area (Å²) in [6, 6.07) is 0. The largest absolute Gasteiger partial charge is 0.481 e. The second kappa shape index (κ2) is 12.3. The van der Waals surface area contributed by atoms with Crippen molar-refractivity contribution in [2.45, 2.75) is 53.4 Å². The molecule has 2 aliphatic rings. The van der Waals surface area contributed by atoms with Gasteiger partial charge in [-0.25, -0.2) is 4.99 Å². The minimum Gasteiger partial charge on any atom is -0.481 e. The molecule has 0 unspecified atom stereocenters. The number of carboxylic acid groups (broad SMARTS) is 2. The molecule has 2 aromatic rings. The molecule has 0 bridgehead atoms. The number of aromatic amines is 2. The molecule has 5 N–H and O–H groups in total. The number of hydrogen-bond donors (Lipinski definition) is 5. The van der Waals surface area contributed by atoms with Crippen molar-refractivity contribution in [3.8, 4) is 0 Å². The lowest BCUT2D eigenvalue weighted by Gasteiger charge is -2.01. The highest BCUT2D eigenvalue weighted by molar-refractivity contribution is 6.30. The number of nitrogens with zero attached hydrogens (tertiary/aromatic N) is 1. The molecule has 2 amide bonds. The van der Waals surface area contributed by atoms with Gasteiger partial charge in [0, 0.05) is 62.9 Å². The number of nitrogens with one attached hydrogen (secondary N) is 3. The van der Waals surface area contributed by atoms with Gasteiger partial charge in [-0.2, -0.15) is 0 Å². The summed E-state index contributed by atoms with van der Waals surface area (Å²) in [5.74, 6) is -2.65. The van der Waals surface area contributed by atoms with Gasteiger partial charge < -0.3 is 25.5 Å². The second-order valence-electron chi connectivity index (χ2n) is 10.5. The van der Waals surface area contributed by atoms with Crippen molar-refractivity contribution in [3.63, 3.8) is 0 Å². The molecule has 2 aliphatic heterocycles. The summed E-state index contributed by atoms with van der Waals surface area (Å²) in [6.07, 6.45) is 9.04. The molecule has 0 aliphatic carbocycles. The fraction of sp³-hybridized carbons (Fsp3) is 0.242. The normalized spacial score (nSPS) is 16.9. The van der Waals surface area contributed by atoms with Gasteiger partial charge >= 0.3 is 11.9 Å². The van der Waals surface area contributed by atoms with Gasteiger partial charge in [0.2, 0.25) is 0 Å². The zero-order valence-electron chi connectivity index (χ0n) is 24.6. The molecule has 4 rings (SSSR count). The Bertz CT molecular complexity index is 1860. The molecule has 0 aromatic carbocycles. The van der Waals surface area contributed by atoms with E-state index >= 15 is 0 Å². The second-order valence-corrected chi connectivity index (χ2v) is 10.5. The Morgan fingerprint density at radius 2 is 1.40 bits per heavy atom. The van der Waals surface area contributed by atoms with Crippen LogP contribution in [0, 0.1) is 13.8 Å². The molecule has 4 heterocycles. The van der Waals surface area contributed by atoms with Gasteiger partial charge in [0.25, 0.3) is 11.8 Å². The number of H-pyrrole nitrogens is 2. The molecular formula is C33H34N4O6. The predicted octanol–water partition coefficient (Wildman–Crippen LogP) is 3.67. The third kappa shape index (κ3) is 6.18. The number of aliphatic carboxylic acids is 2. The Morgan fingerprint density at radius 1 is 0.767 bits per heavy atom. The van der Waals surface area contributed by atoms with Crippen LogP contribution in [-0.4, -0.2) is 49.6 Å². The van der Waals surface area contributed by atoms with Gasteiger partial charge in [-0.05, 0) is 81.0 Å². The van der Waals surface area contributed by atoms with Crippen molar-refractivity contribution in [2.75, 3.05) is 0 Å². The van der Waals surface area contributed by atoms with Gasteiger partial charge in [-0.1, -0.05) is 25.3 Å². The van der Waals surface area contributed by atoms with E-state index in [-0.39, 0.29) is 31.6 Å². The molecule has 10 heteroatoms. The van der Waals surface area contributed by atoms with Crippen LogP contribution < -0.4 is 16.0 Å². The van der Waals surface area contributed by atoms with Crippen LogP contribution in [0.5, 0.6) is 0 Å². The first kappa shape index (κ1) is 30.7. The van der Waals surface area contributed by atoms with E-state index in [1.165, 1.54) is 0 Å². The Morgan fingerprint density at radius 3 is 2.00 bits per heavy atom. The average Bonchev–Trinajstić information content (AvgIpc) is 3.58. The van der Waals surface area contributed by atoms with Crippen LogP contribution in [0.2, 0.25) is 0 Å². The van der Waals surface area contributed by atoms with Crippen LogP contribution in [0.3, 0.4) is 0 Å². The summed E-state index contributed by atoms with van der Waals surface area (Å²) in [7, 11) is 0. The van der Waals surface area contributed by atoms with Crippen LogP contribution in [0.1, 0.15) is 73.2 Å². The predicted molar refractivity (Wildman–Crippen MR) is 166 cm³/mol. The number of carbonyl (C=O) groups excluding carboxylic acids is 2. The van der Waals surface area contributed by atoms with E-state index in [1.807, 2.05) is 26.0 Å². The number of carboxylic acids is 2. The number of hydrogen-bond acceptors (Lipinski definition) is 4. The number of allylic oxidation sites excluding steroid dienone is 2. The van der Waals surface area contributed by atoms with E-state index in [2.05, 4.69) is 33.4 Å². The molecule has 0 spiro atoms. The Labute approximate surface area is 248 Å². The van der Waals surface area contributed by atoms with Crippen molar-refractivity contribution in [2.24, 2.45) is 4.99 Å². The first-order valence-corrected chi connectivity index (χ1v) is 13.8. The van der Waals surface area contributed by atoms with Crippen LogP contribution in [-0.2, 0) is 19.2 Å². The average molecular weight is 583 g/mol. The third-order valence-electron chi connectivity index (χ3n) is 7.88. The highest BCUT2D eigenvalue weighted by atomic mass is 16.4. The number of rotatable bonds is 11. The van der Waals surface area contributed by atoms with Crippen molar-refractivity contribution >= 4 is 59.8 Å². The van der Waals surface area contributed by atoms with Crippen molar-refractivity contribution in [1.82, 2.24) is 15.3 Å². The summed E-state index contributed by atoms with van der Waals surface area (Å²) in [5, 5.41) is 22.4. The van der Waals surface area contributed by atoms with E-state index in [1.54, 1.807) is 32.1 Å². The van der Waals surface area contributed by atoms with Crippen LogP contribution in [0.4, 0.5) is 0 Å². The van der Waals surface area contributed by atoms with Gasteiger partial charge in [0.05, 0.1) is 5.71 Å². The smallest absolute Gasteiger partial charge is 0.303 e. The van der Waals surface area contributed by atoms with E-state index in [4.69, 9.17) is 10.2 Å². The minimum atomic E-state index is -0.972. The van der Waals surface area contributed by atoms with E-state index in [9.17, 15) is 19.2 Å². The molecule has 10 nitrogen and oxygen atoms in total. The molecule has 43 heavy (non-hydrogen) atoms. The van der Waals surface area contributed by atoms with E-state index in [0.29, 0.717) is 33.7 Å². The highest BCUT2D eigenvalue weighted by Crippen LogP contribution is 2.28. The van der Waals surface area contributed by atoms with Crippen LogP contribution >= 0.6 is 0 Å². The maximum Gasteiger partial charge on any atom is 0.303 e. The fourth-order valence-electron chi connectivity index (χ4n) is 5.32. The lowest BCUT2D eigenvalue weighted by molar-refractivity contribution is -0.138. The third-order valence-corrected chi connectivity index (χ3v) is 7.88. The molecule has 0 saturated carbocycles. The first-order chi connectivity index (χ1) is 20.4. The van der Waals surface area contributed by atoms with Crippen LogP contribution in [0.15, 0.2) is 46.1 Å². The van der Waals surface area contributed by atoms with Gasteiger partial charge in [0.15, 0.2) is 0 Å². The Hall–Kier alpha value is -5.25. The van der Waals surface area contributed by atoms with Gasteiger partial charge in [-0.15, -0.1) is 0 Å². The Kier molecular flexibility index (Phi) is 8.80. The van der Waals surface area contributed by atoms with E-state index < -0.39 is 17.8 Å². The topological polar surface area (TPSA) is 165 Å². The zero-order chi connectivity index (χ0) is 31.6. The standard InChI is InChI=1S/C33H34N4O6/c1-7-20-16(3)24(13-26-18(5)22(32(42)36-26)9-11-30(38)39)34-28(20)14-25-17(4)21(8-2)29(35-25)15-27-19(6)23(33(43)37-27)10-12-31(40)41/h7-8,13-15,34-35H,1-2,9-12H2,3-6H3,(H,37,43)(H,38,39)(H,40,41)/b24-13-,27-15?,28-14-. The summed E-state index contributed by atoms with van der Waals surface area (Å²) >= 11 is 0. The number of aliphatic imine (C=N–C) groups is 1.